The molecule has 0 aliphatic carbocycles. The third-order valence-corrected chi connectivity index (χ3v) is 10.2. The molecule has 1 aliphatic heterocycles. The summed E-state index contributed by atoms with van der Waals surface area (Å²) in [4.78, 5) is 10.8. The highest BCUT2D eigenvalue weighted by Crippen LogP contribution is 2.36. The van der Waals surface area contributed by atoms with Gasteiger partial charge in [-0.25, -0.2) is 4.98 Å². The molecular formula is C41H44ClN5O4S. The number of hydrogen-bond acceptors (Lipinski definition) is 10. The minimum atomic E-state index is -0.200. The molecule has 3 heterocycles. The van der Waals surface area contributed by atoms with Gasteiger partial charge in [0, 0.05) is 74.1 Å². The molecule has 52 heavy (non-hydrogen) atoms. The summed E-state index contributed by atoms with van der Waals surface area (Å²) >= 11 is 8.42. The van der Waals surface area contributed by atoms with Crippen LogP contribution < -0.4 is 19.5 Å². The van der Waals surface area contributed by atoms with E-state index in [0.29, 0.717) is 41.8 Å². The number of aliphatic hydroxyl groups is 1. The average Bonchev–Trinajstić information content (AvgIpc) is 3.84. The number of nitrogens with zero attached hydrogens (tertiary/aromatic N) is 4. The Balaban J connectivity index is 1.14. The highest BCUT2D eigenvalue weighted by atomic mass is 35.5. The Morgan fingerprint density at radius 3 is 2.60 bits per heavy atom. The summed E-state index contributed by atoms with van der Waals surface area (Å²) in [6.07, 6.45) is 5.61. The molecule has 0 unspecified atom stereocenters. The molecule has 1 saturated heterocycles. The fraction of sp³-hybridized carbons (Fsp3) is 0.341. The van der Waals surface area contributed by atoms with Gasteiger partial charge in [0.1, 0.15) is 36.5 Å². The van der Waals surface area contributed by atoms with E-state index < -0.39 is 0 Å². The molecular weight excluding hydrogens is 694 g/mol. The average molecular weight is 738 g/mol. The summed E-state index contributed by atoms with van der Waals surface area (Å²) < 4.78 is 18.9. The van der Waals surface area contributed by atoms with Crippen molar-refractivity contribution in [3.63, 3.8) is 0 Å². The second-order valence-corrected chi connectivity index (χ2v) is 14.2. The van der Waals surface area contributed by atoms with Crippen molar-refractivity contribution in [1.29, 1.82) is 5.26 Å². The van der Waals surface area contributed by atoms with Crippen molar-refractivity contribution >= 4 is 22.9 Å². The molecule has 0 radical (unpaired) electrons. The number of nitrogens with one attached hydrogen (secondary N) is 1. The van der Waals surface area contributed by atoms with Crippen molar-refractivity contribution in [1.82, 2.24) is 20.2 Å². The van der Waals surface area contributed by atoms with Crippen molar-refractivity contribution in [3.05, 3.63) is 122 Å². The molecule has 1 atom stereocenters. The number of thiazole rings is 1. The SMILES string of the molecule is Cc1c(COc2cc(OCc3cncc(C#N)c3)c(CNCCc3cscn3)cc2Cl)cccc1-c1cccc(OCCCN2CC[C@@H](O)C2)c1C. The lowest BCUT2D eigenvalue weighted by Crippen LogP contribution is -2.24. The number of halogens is 1. The van der Waals surface area contributed by atoms with Crippen molar-refractivity contribution in [3.8, 4) is 34.4 Å². The fourth-order valence-electron chi connectivity index (χ4n) is 6.38. The summed E-state index contributed by atoms with van der Waals surface area (Å²) in [5.41, 5.74) is 10.6. The Kier molecular flexibility index (Phi) is 13.1. The summed E-state index contributed by atoms with van der Waals surface area (Å²) in [5.74, 6) is 2.04. The van der Waals surface area contributed by atoms with E-state index >= 15 is 0 Å². The van der Waals surface area contributed by atoms with Gasteiger partial charge in [-0.3, -0.25) is 4.98 Å². The summed E-state index contributed by atoms with van der Waals surface area (Å²) in [6.45, 7) is 9.33. The zero-order valence-electron chi connectivity index (χ0n) is 29.6. The molecule has 9 nitrogen and oxygen atoms in total. The van der Waals surface area contributed by atoms with E-state index in [1.54, 1.807) is 23.6 Å². The van der Waals surface area contributed by atoms with Crippen LogP contribution in [0.3, 0.4) is 0 Å². The third kappa shape index (κ3) is 9.88. The summed E-state index contributed by atoms with van der Waals surface area (Å²) in [5, 5.41) is 25.1. The first-order chi connectivity index (χ1) is 25.4. The lowest BCUT2D eigenvalue weighted by Gasteiger charge is -2.19. The van der Waals surface area contributed by atoms with Crippen LogP contribution in [0.5, 0.6) is 17.2 Å². The first kappa shape index (κ1) is 37.3. The molecule has 6 rings (SSSR count). The van der Waals surface area contributed by atoms with E-state index in [0.717, 1.165) is 95.8 Å². The topological polar surface area (TPSA) is 113 Å². The number of likely N-dealkylation sites (tertiary alicyclic amines) is 1. The number of rotatable bonds is 17. The maximum atomic E-state index is 9.80. The highest BCUT2D eigenvalue weighted by molar-refractivity contribution is 7.07. The van der Waals surface area contributed by atoms with Crippen LogP contribution in [-0.4, -0.2) is 58.9 Å². The Labute approximate surface area is 314 Å². The highest BCUT2D eigenvalue weighted by Gasteiger charge is 2.20. The first-order valence-corrected chi connectivity index (χ1v) is 18.9. The molecule has 270 valence electrons. The summed E-state index contributed by atoms with van der Waals surface area (Å²) in [7, 11) is 0. The van der Waals surface area contributed by atoms with Gasteiger partial charge in [-0.05, 0) is 72.7 Å². The number of nitriles is 1. The fourth-order valence-corrected chi connectivity index (χ4v) is 7.22. The zero-order chi connectivity index (χ0) is 36.3. The molecule has 3 aromatic carbocycles. The van der Waals surface area contributed by atoms with Gasteiger partial charge in [0.25, 0.3) is 0 Å². The van der Waals surface area contributed by atoms with Crippen molar-refractivity contribution in [2.75, 3.05) is 32.8 Å². The number of β-amino-alcohol motifs (C(OH)–C–C–N with tert-alkyl or cyclic N) is 1. The molecule has 0 saturated carbocycles. The molecule has 11 heteroatoms. The van der Waals surface area contributed by atoms with Gasteiger partial charge in [0.15, 0.2) is 0 Å². The molecule has 0 spiro atoms. The minimum Gasteiger partial charge on any atom is -0.493 e. The lowest BCUT2D eigenvalue weighted by atomic mass is 9.93. The van der Waals surface area contributed by atoms with Crippen molar-refractivity contribution < 1.29 is 19.3 Å². The second kappa shape index (κ2) is 18.3. The predicted molar refractivity (Wildman–Crippen MR) is 205 cm³/mol. The largest absolute Gasteiger partial charge is 0.493 e. The van der Waals surface area contributed by atoms with Crippen LogP contribution in [-0.2, 0) is 26.2 Å². The second-order valence-electron chi connectivity index (χ2n) is 13.0. The van der Waals surface area contributed by atoms with Crippen molar-refractivity contribution in [2.45, 2.75) is 59.0 Å². The minimum absolute atomic E-state index is 0.200. The Morgan fingerprint density at radius 2 is 1.81 bits per heavy atom. The van der Waals surface area contributed by atoms with Gasteiger partial charge >= 0.3 is 0 Å². The van der Waals surface area contributed by atoms with E-state index in [1.807, 2.05) is 29.8 Å². The number of ether oxygens (including phenoxy) is 3. The molecule has 2 N–H and O–H groups in total. The third-order valence-electron chi connectivity index (χ3n) is 9.32. The van der Waals surface area contributed by atoms with Crippen LogP contribution in [0.4, 0.5) is 0 Å². The van der Waals surface area contributed by atoms with E-state index in [4.69, 9.17) is 25.8 Å². The van der Waals surface area contributed by atoms with Crippen molar-refractivity contribution in [2.24, 2.45) is 0 Å². The maximum Gasteiger partial charge on any atom is 0.142 e. The summed E-state index contributed by atoms with van der Waals surface area (Å²) in [6, 6.07) is 20.1. The maximum absolute atomic E-state index is 9.80. The van der Waals surface area contributed by atoms with Crippen LogP contribution in [0, 0.1) is 25.2 Å². The van der Waals surface area contributed by atoms with Crippen LogP contribution >= 0.6 is 22.9 Å². The van der Waals surface area contributed by atoms with Crippen LogP contribution in [0.15, 0.2) is 77.9 Å². The van der Waals surface area contributed by atoms with Gasteiger partial charge in [-0.2, -0.15) is 5.26 Å². The number of aliphatic hydroxyl groups excluding tert-OH is 1. The van der Waals surface area contributed by atoms with E-state index in [9.17, 15) is 10.4 Å². The van der Waals surface area contributed by atoms with E-state index in [-0.39, 0.29) is 12.7 Å². The smallest absolute Gasteiger partial charge is 0.142 e. The van der Waals surface area contributed by atoms with Gasteiger partial charge in [0.2, 0.25) is 0 Å². The predicted octanol–water partition coefficient (Wildman–Crippen LogP) is 7.67. The number of aromatic nitrogens is 2. The normalized spacial score (nSPS) is 14.3. The van der Waals surface area contributed by atoms with Crippen LogP contribution in [0.2, 0.25) is 5.02 Å². The number of hydrogen-bond donors (Lipinski definition) is 2. The van der Waals surface area contributed by atoms with E-state index in [2.05, 4.69) is 69.7 Å². The van der Waals surface area contributed by atoms with Gasteiger partial charge in [-0.15, -0.1) is 11.3 Å². The lowest BCUT2D eigenvalue weighted by molar-refractivity contribution is 0.173. The molecule has 1 aliphatic rings. The monoisotopic (exact) mass is 737 g/mol. The molecule has 5 aromatic rings. The molecule has 0 bridgehead atoms. The number of benzene rings is 3. The standard InChI is InChI=1S/C41H44ClN5O4S/c1-28-32(6-3-7-36(28)37-8-4-9-39(29(37)2)49-15-5-13-47-14-11-35(48)23-47)25-51-41-18-40(50-24-31-16-30(19-43)20-45-21-31)33(17-38(41)42)22-44-12-10-34-26-52-27-46-34/h3-4,6-9,16-18,20-21,26-27,35,44,48H,5,10-15,22-25H2,1-2H3/t35-/m1/s1. The Hall–Kier alpha value is -4.50. The number of pyridine rings is 1. The van der Waals surface area contributed by atoms with Crippen LogP contribution in [0.1, 0.15) is 51.9 Å². The van der Waals surface area contributed by atoms with Crippen LogP contribution in [0.25, 0.3) is 11.1 Å². The Morgan fingerprint density at radius 1 is 0.981 bits per heavy atom. The molecule has 0 amide bonds. The quantitative estimate of drug-likeness (QED) is 0.0929. The Bertz CT molecular complexity index is 1980. The molecule has 2 aromatic heterocycles. The molecule has 1 fully saturated rings. The first-order valence-electron chi connectivity index (χ1n) is 17.6. The van der Waals surface area contributed by atoms with E-state index in [1.165, 1.54) is 6.20 Å². The van der Waals surface area contributed by atoms with Gasteiger partial charge in [-0.1, -0.05) is 41.9 Å². The zero-order valence-corrected chi connectivity index (χ0v) is 31.2. The van der Waals surface area contributed by atoms with Gasteiger partial charge in [0.05, 0.1) is 34.5 Å². The van der Waals surface area contributed by atoms with Gasteiger partial charge < -0.3 is 29.5 Å².